The van der Waals surface area contributed by atoms with Gasteiger partial charge in [-0.1, -0.05) is 22.9 Å². The zero-order chi connectivity index (χ0) is 15.5. The number of hydrogen-bond donors (Lipinski definition) is 1. The van der Waals surface area contributed by atoms with Gasteiger partial charge in [-0.3, -0.25) is 9.69 Å². The Morgan fingerprint density at radius 3 is 2.73 bits per heavy atom. The lowest BCUT2D eigenvalue weighted by molar-refractivity contribution is -0.116. The fraction of sp³-hybridized carbons (Fsp3) is 0.267. The first kappa shape index (κ1) is 14.1. The number of anilines is 2. The molecule has 7 heteroatoms. The van der Waals surface area contributed by atoms with E-state index in [1.54, 1.807) is 11.0 Å². The first-order valence-corrected chi connectivity index (χ1v) is 6.97. The van der Waals surface area contributed by atoms with Gasteiger partial charge < -0.3 is 14.7 Å². The fourth-order valence-corrected chi connectivity index (χ4v) is 2.33. The molecule has 0 spiro atoms. The highest BCUT2D eigenvalue weighted by atomic mass is 16.5. The summed E-state index contributed by atoms with van der Waals surface area (Å²) in [6.07, 6.45) is 1.37. The molecule has 1 N–H and O–H groups in total. The second kappa shape index (κ2) is 5.88. The van der Waals surface area contributed by atoms with Crippen LogP contribution in [0, 0.1) is 6.92 Å². The molecule has 114 valence electrons. The van der Waals surface area contributed by atoms with Crippen molar-refractivity contribution in [2.24, 2.45) is 0 Å². The van der Waals surface area contributed by atoms with Crippen LogP contribution in [-0.4, -0.2) is 41.6 Å². The van der Waals surface area contributed by atoms with Crippen LogP contribution in [0.3, 0.4) is 0 Å². The Labute approximate surface area is 127 Å². The Bertz CT molecular complexity index is 667. The maximum absolute atomic E-state index is 12.4. The van der Waals surface area contributed by atoms with Crippen LogP contribution < -0.4 is 10.2 Å². The van der Waals surface area contributed by atoms with Crippen LogP contribution in [0.2, 0.25) is 0 Å². The molecule has 1 aromatic heterocycles. The Balaban J connectivity index is 1.61. The van der Waals surface area contributed by atoms with E-state index in [0.29, 0.717) is 18.9 Å². The van der Waals surface area contributed by atoms with Crippen molar-refractivity contribution in [3.63, 3.8) is 0 Å². The molecule has 1 aliphatic heterocycles. The molecule has 7 nitrogen and oxygen atoms in total. The van der Waals surface area contributed by atoms with Crippen LogP contribution in [0.25, 0.3) is 0 Å². The van der Waals surface area contributed by atoms with E-state index in [0.717, 1.165) is 11.3 Å². The van der Waals surface area contributed by atoms with Crippen molar-refractivity contribution in [1.29, 1.82) is 0 Å². The smallest absolute Gasteiger partial charge is 0.325 e. The zero-order valence-electron chi connectivity index (χ0n) is 12.2. The lowest BCUT2D eigenvalue weighted by atomic mass is 10.2. The minimum absolute atomic E-state index is 0.00590. The summed E-state index contributed by atoms with van der Waals surface area (Å²) in [7, 11) is 0. The van der Waals surface area contributed by atoms with Crippen molar-refractivity contribution < 1.29 is 14.1 Å². The predicted molar refractivity (Wildman–Crippen MR) is 80.6 cm³/mol. The molecule has 1 aromatic carbocycles. The third-order valence-corrected chi connectivity index (χ3v) is 3.48. The third-order valence-electron chi connectivity index (χ3n) is 3.48. The van der Waals surface area contributed by atoms with Gasteiger partial charge in [0.25, 0.3) is 0 Å². The number of benzene rings is 1. The first-order chi connectivity index (χ1) is 10.6. The number of nitrogens with zero attached hydrogens (tertiary/aromatic N) is 3. The summed E-state index contributed by atoms with van der Waals surface area (Å²) in [6.45, 7) is 3.07. The quantitative estimate of drug-likeness (QED) is 0.935. The van der Waals surface area contributed by atoms with Crippen molar-refractivity contribution >= 4 is 23.4 Å². The Kier molecular flexibility index (Phi) is 3.78. The SMILES string of the molecule is Cc1ccc(N2CCN(CC(=O)Nc3ccon3)C2=O)cc1. The van der Waals surface area contributed by atoms with E-state index in [1.807, 2.05) is 31.2 Å². The van der Waals surface area contributed by atoms with Crippen LogP contribution in [0.5, 0.6) is 0 Å². The topological polar surface area (TPSA) is 78.7 Å². The molecule has 0 radical (unpaired) electrons. The average Bonchev–Trinajstić information content (AvgIpc) is 3.11. The second-order valence-electron chi connectivity index (χ2n) is 5.12. The molecular formula is C15H16N4O3. The average molecular weight is 300 g/mol. The largest absolute Gasteiger partial charge is 0.363 e. The molecule has 0 aliphatic carbocycles. The highest BCUT2D eigenvalue weighted by Crippen LogP contribution is 2.20. The molecule has 3 rings (SSSR count). The monoisotopic (exact) mass is 300 g/mol. The molecule has 0 bridgehead atoms. The molecule has 2 heterocycles. The van der Waals surface area contributed by atoms with Gasteiger partial charge in [0.1, 0.15) is 12.8 Å². The van der Waals surface area contributed by atoms with Gasteiger partial charge in [0, 0.05) is 24.8 Å². The van der Waals surface area contributed by atoms with Crippen LogP contribution in [0.1, 0.15) is 5.56 Å². The maximum Gasteiger partial charge on any atom is 0.325 e. The number of amides is 3. The number of hydrogen-bond acceptors (Lipinski definition) is 4. The van der Waals surface area contributed by atoms with Gasteiger partial charge in [0.15, 0.2) is 5.82 Å². The van der Waals surface area contributed by atoms with Crippen molar-refractivity contribution in [3.05, 3.63) is 42.2 Å². The number of aromatic nitrogens is 1. The van der Waals surface area contributed by atoms with E-state index in [1.165, 1.54) is 11.2 Å². The summed E-state index contributed by atoms with van der Waals surface area (Å²) in [5.41, 5.74) is 1.98. The zero-order valence-corrected chi connectivity index (χ0v) is 12.2. The van der Waals surface area contributed by atoms with E-state index in [9.17, 15) is 9.59 Å². The van der Waals surface area contributed by atoms with Gasteiger partial charge in [-0.2, -0.15) is 0 Å². The van der Waals surface area contributed by atoms with Crippen LogP contribution >= 0.6 is 0 Å². The number of urea groups is 1. The Morgan fingerprint density at radius 1 is 1.27 bits per heavy atom. The standard InChI is InChI=1S/C15H16N4O3/c1-11-2-4-12(5-3-11)19-8-7-18(15(19)21)10-14(20)16-13-6-9-22-17-13/h2-6,9H,7-8,10H2,1H3,(H,16,17,20). The second-order valence-corrected chi connectivity index (χ2v) is 5.12. The van der Waals surface area contributed by atoms with Gasteiger partial charge in [-0.15, -0.1) is 0 Å². The molecule has 0 unspecified atom stereocenters. The van der Waals surface area contributed by atoms with Crippen LogP contribution in [0.4, 0.5) is 16.3 Å². The number of rotatable bonds is 4. The summed E-state index contributed by atoms with van der Waals surface area (Å²) in [4.78, 5) is 27.4. The summed E-state index contributed by atoms with van der Waals surface area (Å²) in [5.74, 6) is 0.0417. The van der Waals surface area contributed by atoms with Crippen molar-refractivity contribution in [2.75, 3.05) is 29.9 Å². The summed E-state index contributed by atoms with van der Waals surface area (Å²) >= 11 is 0. The van der Waals surface area contributed by atoms with Gasteiger partial charge in [-0.25, -0.2) is 4.79 Å². The van der Waals surface area contributed by atoms with Gasteiger partial charge in [-0.05, 0) is 19.1 Å². The number of nitrogens with one attached hydrogen (secondary N) is 1. The van der Waals surface area contributed by atoms with E-state index in [4.69, 9.17) is 0 Å². The normalized spacial score (nSPS) is 14.5. The molecule has 3 amide bonds. The van der Waals surface area contributed by atoms with E-state index in [-0.39, 0.29) is 18.5 Å². The Hall–Kier alpha value is -2.83. The molecule has 1 fully saturated rings. The van der Waals surface area contributed by atoms with Gasteiger partial charge in [0.2, 0.25) is 5.91 Å². The molecule has 1 saturated heterocycles. The minimum atomic E-state index is -0.298. The summed E-state index contributed by atoms with van der Waals surface area (Å²) in [5, 5.41) is 6.17. The predicted octanol–water partition coefficient (Wildman–Crippen LogP) is 1.86. The summed E-state index contributed by atoms with van der Waals surface area (Å²) < 4.78 is 4.64. The van der Waals surface area contributed by atoms with Crippen molar-refractivity contribution in [2.45, 2.75) is 6.92 Å². The molecule has 0 atom stereocenters. The van der Waals surface area contributed by atoms with E-state index < -0.39 is 0 Å². The molecular weight excluding hydrogens is 284 g/mol. The van der Waals surface area contributed by atoms with E-state index in [2.05, 4.69) is 15.0 Å². The highest BCUT2D eigenvalue weighted by Gasteiger charge is 2.30. The highest BCUT2D eigenvalue weighted by molar-refractivity contribution is 5.99. The van der Waals surface area contributed by atoms with Crippen molar-refractivity contribution in [3.8, 4) is 0 Å². The fourth-order valence-electron chi connectivity index (χ4n) is 2.33. The molecule has 2 aromatic rings. The molecule has 1 aliphatic rings. The van der Waals surface area contributed by atoms with Crippen LogP contribution in [-0.2, 0) is 4.79 Å². The Morgan fingerprint density at radius 2 is 2.05 bits per heavy atom. The lowest BCUT2D eigenvalue weighted by Gasteiger charge is -2.18. The van der Waals surface area contributed by atoms with Crippen LogP contribution in [0.15, 0.2) is 41.1 Å². The number of carbonyl (C=O) groups excluding carboxylic acids is 2. The summed E-state index contributed by atoms with van der Waals surface area (Å²) in [6, 6.07) is 9.12. The maximum atomic E-state index is 12.4. The first-order valence-electron chi connectivity index (χ1n) is 6.97. The number of carbonyl (C=O) groups is 2. The molecule has 0 saturated carbocycles. The minimum Gasteiger partial charge on any atom is -0.363 e. The van der Waals surface area contributed by atoms with Gasteiger partial charge >= 0.3 is 6.03 Å². The number of aryl methyl sites for hydroxylation is 1. The third kappa shape index (κ3) is 2.93. The molecule has 22 heavy (non-hydrogen) atoms. The van der Waals surface area contributed by atoms with Gasteiger partial charge in [0.05, 0.1) is 0 Å². The van der Waals surface area contributed by atoms with Crippen molar-refractivity contribution in [1.82, 2.24) is 10.1 Å². The van der Waals surface area contributed by atoms with E-state index >= 15 is 0 Å². The lowest BCUT2D eigenvalue weighted by Crippen LogP contribution is -2.37.